The lowest BCUT2D eigenvalue weighted by Crippen LogP contribution is -2.25. The Morgan fingerprint density at radius 3 is 2.78 bits per heavy atom. The third-order valence-corrected chi connectivity index (χ3v) is 3.58. The third kappa shape index (κ3) is 3.26. The number of para-hydroxylation sites is 1. The summed E-state index contributed by atoms with van der Waals surface area (Å²) >= 11 is 0. The maximum Gasteiger partial charge on any atom is 0.414 e. The molecule has 1 fully saturated rings. The molecule has 118 valence electrons. The molecule has 1 aliphatic heterocycles. The lowest BCUT2D eigenvalue weighted by atomic mass is 10.1. The van der Waals surface area contributed by atoms with Crippen LogP contribution in [0, 0.1) is 0 Å². The van der Waals surface area contributed by atoms with Crippen LogP contribution in [0.2, 0.25) is 0 Å². The van der Waals surface area contributed by atoms with Crippen molar-refractivity contribution >= 4 is 17.7 Å². The number of nitrogens with one attached hydrogen (secondary N) is 1. The number of hydrogen-bond donors (Lipinski definition) is 2. The molecule has 0 radical (unpaired) electrons. The molecule has 1 aliphatic rings. The van der Waals surface area contributed by atoms with E-state index in [1.54, 1.807) is 23.1 Å². The second-order valence-corrected chi connectivity index (χ2v) is 5.14. The molecule has 1 heterocycles. The van der Waals surface area contributed by atoms with E-state index in [0.717, 1.165) is 11.3 Å². The molecular weight excluding hydrogens is 296 g/mol. The Bertz CT molecular complexity index is 745. The fourth-order valence-corrected chi connectivity index (χ4v) is 2.41. The summed E-state index contributed by atoms with van der Waals surface area (Å²) in [5.74, 6) is -0.410. The highest BCUT2D eigenvalue weighted by molar-refractivity contribution is 5.96. The van der Waals surface area contributed by atoms with Gasteiger partial charge < -0.3 is 15.2 Å². The zero-order valence-corrected chi connectivity index (χ0v) is 12.4. The molecule has 3 rings (SSSR count). The van der Waals surface area contributed by atoms with Crippen LogP contribution >= 0.6 is 0 Å². The number of cyclic esters (lactones) is 1. The summed E-state index contributed by atoms with van der Waals surface area (Å²) in [6.45, 7) is 1.20. The second-order valence-electron chi connectivity index (χ2n) is 5.14. The maximum atomic E-state index is 12.1. The number of carbonyl (C=O) groups is 2. The minimum atomic E-state index is -0.361. The average Bonchev–Trinajstić information content (AvgIpc) is 2.99. The van der Waals surface area contributed by atoms with Crippen LogP contribution in [0.5, 0.6) is 5.75 Å². The smallest absolute Gasteiger partial charge is 0.414 e. The average molecular weight is 312 g/mol. The number of carbonyl (C=O) groups excluding carboxylic acids is 2. The first-order valence-electron chi connectivity index (χ1n) is 7.24. The lowest BCUT2D eigenvalue weighted by Gasteiger charge is -2.14. The number of benzene rings is 2. The van der Waals surface area contributed by atoms with Gasteiger partial charge in [-0.2, -0.15) is 0 Å². The molecule has 0 atom stereocenters. The van der Waals surface area contributed by atoms with Crippen LogP contribution in [-0.2, 0) is 11.3 Å². The summed E-state index contributed by atoms with van der Waals surface area (Å²) in [6.07, 6.45) is -0.361. The predicted molar refractivity (Wildman–Crippen MR) is 84.4 cm³/mol. The first kappa shape index (κ1) is 14.9. The van der Waals surface area contributed by atoms with Crippen LogP contribution in [0.15, 0.2) is 48.5 Å². The predicted octanol–water partition coefficient (Wildman–Crippen LogP) is 2.28. The molecule has 0 unspecified atom stereocenters. The van der Waals surface area contributed by atoms with Crippen LogP contribution in [0.25, 0.3) is 0 Å². The van der Waals surface area contributed by atoms with Crippen LogP contribution in [-0.4, -0.2) is 30.3 Å². The summed E-state index contributed by atoms with van der Waals surface area (Å²) in [5.41, 5.74) is 1.82. The van der Waals surface area contributed by atoms with Gasteiger partial charge in [-0.15, -0.1) is 0 Å². The van der Waals surface area contributed by atoms with E-state index in [2.05, 4.69) is 5.32 Å². The number of ether oxygens (including phenoxy) is 1. The first-order valence-corrected chi connectivity index (χ1v) is 7.24. The number of rotatable bonds is 4. The fourth-order valence-electron chi connectivity index (χ4n) is 2.41. The summed E-state index contributed by atoms with van der Waals surface area (Å²) in [7, 11) is 0. The zero-order valence-electron chi connectivity index (χ0n) is 12.4. The van der Waals surface area contributed by atoms with Crippen molar-refractivity contribution in [2.45, 2.75) is 6.54 Å². The van der Waals surface area contributed by atoms with Crippen LogP contribution < -0.4 is 10.2 Å². The second kappa shape index (κ2) is 6.39. The minimum absolute atomic E-state index is 0.0569. The fraction of sp³-hybridized carbons (Fsp3) is 0.176. The minimum Gasteiger partial charge on any atom is -0.507 e. The Balaban J connectivity index is 1.68. The highest BCUT2D eigenvalue weighted by Crippen LogP contribution is 2.20. The summed E-state index contributed by atoms with van der Waals surface area (Å²) in [4.78, 5) is 25.2. The lowest BCUT2D eigenvalue weighted by molar-refractivity contribution is 0.0948. The largest absolute Gasteiger partial charge is 0.507 e. The highest BCUT2D eigenvalue weighted by atomic mass is 16.6. The summed E-state index contributed by atoms with van der Waals surface area (Å²) in [5, 5.41) is 12.4. The summed E-state index contributed by atoms with van der Waals surface area (Å²) in [6, 6.07) is 13.7. The van der Waals surface area contributed by atoms with Gasteiger partial charge in [0.15, 0.2) is 0 Å². The number of hydrogen-bond acceptors (Lipinski definition) is 4. The van der Waals surface area contributed by atoms with Crippen molar-refractivity contribution in [3.05, 3.63) is 59.7 Å². The van der Waals surface area contributed by atoms with E-state index in [9.17, 15) is 14.7 Å². The van der Waals surface area contributed by atoms with Gasteiger partial charge >= 0.3 is 6.09 Å². The van der Waals surface area contributed by atoms with Gasteiger partial charge in [-0.1, -0.05) is 24.3 Å². The Labute approximate surface area is 133 Å². The van der Waals surface area contributed by atoms with Crippen molar-refractivity contribution in [3.8, 4) is 5.75 Å². The van der Waals surface area contributed by atoms with Gasteiger partial charge in [0.05, 0.1) is 12.1 Å². The van der Waals surface area contributed by atoms with E-state index in [0.29, 0.717) is 19.7 Å². The molecule has 1 saturated heterocycles. The third-order valence-electron chi connectivity index (χ3n) is 3.58. The molecule has 2 N–H and O–H groups in total. The Kier molecular flexibility index (Phi) is 4.14. The summed E-state index contributed by atoms with van der Waals surface area (Å²) < 4.78 is 4.92. The Morgan fingerprint density at radius 2 is 2.04 bits per heavy atom. The number of amides is 2. The highest BCUT2D eigenvalue weighted by Gasteiger charge is 2.23. The topological polar surface area (TPSA) is 78.9 Å². The first-order chi connectivity index (χ1) is 11.1. The number of nitrogens with zero attached hydrogens (tertiary/aromatic N) is 1. The van der Waals surface area contributed by atoms with Crippen molar-refractivity contribution in [2.24, 2.45) is 0 Å². The number of phenolic OH excluding ortho intramolecular Hbond substituents is 1. The molecule has 0 spiro atoms. The molecule has 2 aromatic carbocycles. The number of aromatic hydroxyl groups is 1. The Morgan fingerprint density at radius 1 is 1.22 bits per heavy atom. The molecule has 23 heavy (non-hydrogen) atoms. The normalized spacial score (nSPS) is 13.7. The molecule has 0 aliphatic carbocycles. The molecule has 6 heteroatoms. The molecule has 0 aromatic heterocycles. The van der Waals surface area contributed by atoms with Gasteiger partial charge in [0.1, 0.15) is 12.4 Å². The zero-order chi connectivity index (χ0) is 16.2. The molecule has 0 bridgehead atoms. The van der Waals surface area contributed by atoms with Crippen LogP contribution in [0.1, 0.15) is 15.9 Å². The van der Waals surface area contributed by atoms with Gasteiger partial charge in [0, 0.05) is 12.2 Å². The van der Waals surface area contributed by atoms with Crippen LogP contribution in [0.3, 0.4) is 0 Å². The van der Waals surface area contributed by atoms with Gasteiger partial charge in [0.2, 0.25) is 0 Å². The number of anilines is 1. The standard InChI is InChI=1S/C17H16N2O4/c20-15-7-2-1-6-14(15)16(21)18-11-12-4-3-5-13(10-12)19-8-9-23-17(19)22/h1-7,10,20H,8-9,11H2,(H,18,21). The molecule has 2 aromatic rings. The van der Waals surface area contributed by atoms with Gasteiger partial charge in [-0.05, 0) is 29.8 Å². The van der Waals surface area contributed by atoms with Crippen molar-refractivity contribution in [3.63, 3.8) is 0 Å². The van der Waals surface area contributed by atoms with Crippen molar-refractivity contribution < 1.29 is 19.4 Å². The molecule has 0 saturated carbocycles. The van der Waals surface area contributed by atoms with E-state index in [1.165, 1.54) is 6.07 Å². The van der Waals surface area contributed by atoms with Gasteiger partial charge in [-0.3, -0.25) is 9.69 Å². The Hall–Kier alpha value is -3.02. The van der Waals surface area contributed by atoms with Crippen molar-refractivity contribution in [1.29, 1.82) is 0 Å². The van der Waals surface area contributed by atoms with E-state index in [4.69, 9.17) is 4.74 Å². The molecule has 6 nitrogen and oxygen atoms in total. The molecule has 2 amide bonds. The van der Waals surface area contributed by atoms with Gasteiger partial charge in [0.25, 0.3) is 5.91 Å². The molecular formula is C17H16N2O4. The van der Waals surface area contributed by atoms with Gasteiger partial charge in [-0.25, -0.2) is 4.79 Å². The van der Waals surface area contributed by atoms with E-state index in [-0.39, 0.29) is 23.3 Å². The van der Waals surface area contributed by atoms with Crippen molar-refractivity contribution in [1.82, 2.24) is 5.32 Å². The number of phenols is 1. The van der Waals surface area contributed by atoms with Crippen molar-refractivity contribution in [2.75, 3.05) is 18.1 Å². The van der Waals surface area contributed by atoms with E-state index < -0.39 is 0 Å². The monoisotopic (exact) mass is 312 g/mol. The SMILES string of the molecule is O=C(NCc1cccc(N2CCOC2=O)c1)c1ccccc1O. The maximum absolute atomic E-state index is 12.1. The van der Waals surface area contributed by atoms with Crippen LogP contribution in [0.4, 0.5) is 10.5 Å². The van der Waals surface area contributed by atoms with E-state index >= 15 is 0 Å². The van der Waals surface area contributed by atoms with E-state index in [1.807, 2.05) is 24.3 Å². The quantitative estimate of drug-likeness (QED) is 0.908.